The van der Waals surface area contributed by atoms with Crippen LogP contribution in [0, 0.1) is 11.6 Å². The van der Waals surface area contributed by atoms with Crippen LogP contribution in [0.3, 0.4) is 0 Å². The molecule has 1 aromatic rings. The lowest BCUT2D eigenvalue weighted by Crippen LogP contribution is -2.22. The Balaban J connectivity index is 2.64. The molecule has 0 amide bonds. The Hall–Kier alpha value is -0.680. The number of aromatic hydroxyl groups is 1. The van der Waals surface area contributed by atoms with Crippen molar-refractivity contribution in [3.05, 3.63) is 27.7 Å². The summed E-state index contributed by atoms with van der Waals surface area (Å²) in [5, 5.41) is 9.70. The highest BCUT2D eigenvalue weighted by molar-refractivity contribution is 9.10. The van der Waals surface area contributed by atoms with Gasteiger partial charge in [-0.3, -0.25) is 0 Å². The van der Waals surface area contributed by atoms with Crippen LogP contribution in [-0.4, -0.2) is 11.7 Å². The van der Waals surface area contributed by atoms with Gasteiger partial charge in [-0.15, -0.1) is 0 Å². The van der Waals surface area contributed by atoms with Crippen LogP contribution in [0.5, 0.6) is 5.75 Å². The molecule has 1 saturated carbocycles. The van der Waals surface area contributed by atoms with E-state index in [2.05, 4.69) is 15.9 Å². The smallest absolute Gasteiger partial charge is 0.166 e. The molecule has 2 rings (SSSR count). The molecule has 0 saturated heterocycles. The third-order valence-electron chi connectivity index (χ3n) is 2.92. The quantitative estimate of drug-likeness (QED) is 0.816. The fourth-order valence-corrected chi connectivity index (χ4v) is 2.18. The number of hydrogen-bond donors (Lipinski definition) is 2. The zero-order chi connectivity index (χ0) is 11.2. The molecule has 0 aromatic heterocycles. The van der Waals surface area contributed by atoms with E-state index in [0.29, 0.717) is 12.8 Å². The van der Waals surface area contributed by atoms with E-state index in [4.69, 9.17) is 5.73 Å². The van der Waals surface area contributed by atoms with Crippen molar-refractivity contribution in [3.8, 4) is 5.75 Å². The SMILES string of the molecule is NCC1(c2c(O)c(Br)cc(F)c2F)CC1. The molecular weight excluding hydrogens is 268 g/mol. The number of benzene rings is 1. The van der Waals surface area contributed by atoms with Crippen molar-refractivity contribution >= 4 is 15.9 Å². The van der Waals surface area contributed by atoms with Gasteiger partial charge in [0.2, 0.25) is 0 Å². The summed E-state index contributed by atoms with van der Waals surface area (Å²) in [5.74, 6) is -2.19. The van der Waals surface area contributed by atoms with E-state index in [1.54, 1.807) is 0 Å². The van der Waals surface area contributed by atoms with Gasteiger partial charge in [-0.25, -0.2) is 8.78 Å². The van der Waals surface area contributed by atoms with Crippen molar-refractivity contribution in [1.82, 2.24) is 0 Å². The summed E-state index contributed by atoms with van der Waals surface area (Å²) in [5.41, 5.74) is 4.96. The molecule has 3 N–H and O–H groups in total. The Morgan fingerprint density at radius 1 is 1.47 bits per heavy atom. The Morgan fingerprint density at radius 2 is 2.07 bits per heavy atom. The van der Waals surface area contributed by atoms with E-state index < -0.39 is 17.0 Å². The Morgan fingerprint density at radius 3 is 2.53 bits per heavy atom. The molecule has 0 unspecified atom stereocenters. The first kappa shape index (κ1) is 10.8. The summed E-state index contributed by atoms with van der Waals surface area (Å²) in [7, 11) is 0. The summed E-state index contributed by atoms with van der Waals surface area (Å²) in [4.78, 5) is 0. The predicted molar refractivity (Wildman–Crippen MR) is 55.7 cm³/mol. The average molecular weight is 278 g/mol. The number of nitrogens with two attached hydrogens (primary N) is 1. The Labute approximate surface area is 94.2 Å². The van der Waals surface area contributed by atoms with E-state index in [0.717, 1.165) is 6.07 Å². The molecule has 0 bridgehead atoms. The topological polar surface area (TPSA) is 46.2 Å². The summed E-state index contributed by atoms with van der Waals surface area (Å²) in [6.07, 6.45) is 1.37. The van der Waals surface area contributed by atoms with Gasteiger partial charge in [0.25, 0.3) is 0 Å². The first-order valence-electron chi connectivity index (χ1n) is 4.59. The van der Waals surface area contributed by atoms with Crippen LogP contribution in [0.2, 0.25) is 0 Å². The van der Waals surface area contributed by atoms with Crippen LogP contribution in [0.4, 0.5) is 8.78 Å². The van der Waals surface area contributed by atoms with Crippen molar-refractivity contribution in [2.45, 2.75) is 18.3 Å². The molecule has 1 aliphatic carbocycles. The first-order valence-corrected chi connectivity index (χ1v) is 5.38. The van der Waals surface area contributed by atoms with Crippen LogP contribution in [0.1, 0.15) is 18.4 Å². The average Bonchev–Trinajstić information content (AvgIpc) is 2.96. The number of phenolic OH excluding ortho intramolecular Hbond substituents is 1. The van der Waals surface area contributed by atoms with Crippen molar-refractivity contribution < 1.29 is 13.9 Å². The Kier molecular flexibility index (Phi) is 2.47. The fraction of sp³-hybridized carbons (Fsp3) is 0.400. The van der Waals surface area contributed by atoms with Crippen LogP contribution in [0.25, 0.3) is 0 Å². The number of rotatable bonds is 2. The molecular formula is C10H10BrF2NO. The van der Waals surface area contributed by atoms with Gasteiger partial charge in [-0.2, -0.15) is 0 Å². The fourth-order valence-electron chi connectivity index (χ4n) is 1.78. The van der Waals surface area contributed by atoms with Crippen molar-refractivity contribution in [1.29, 1.82) is 0 Å². The van der Waals surface area contributed by atoms with Gasteiger partial charge >= 0.3 is 0 Å². The van der Waals surface area contributed by atoms with Crippen LogP contribution in [0.15, 0.2) is 10.5 Å². The molecule has 82 valence electrons. The second-order valence-electron chi connectivity index (χ2n) is 3.86. The highest BCUT2D eigenvalue weighted by atomic mass is 79.9. The Bertz CT molecular complexity index is 392. The third-order valence-corrected chi connectivity index (χ3v) is 3.52. The minimum Gasteiger partial charge on any atom is -0.506 e. The maximum Gasteiger partial charge on any atom is 0.166 e. The van der Waals surface area contributed by atoms with E-state index in [1.807, 2.05) is 0 Å². The van der Waals surface area contributed by atoms with Gasteiger partial charge in [0.1, 0.15) is 5.75 Å². The highest BCUT2D eigenvalue weighted by Crippen LogP contribution is 2.53. The molecule has 0 spiro atoms. The van der Waals surface area contributed by atoms with E-state index >= 15 is 0 Å². The maximum atomic E-state index is 13.6. The van der Waals surface area contributed by atoms with Crippen LogP contribution >= 0.6 is 15.9 Å². The van der Waals surface area contributed by atoms with E-state index in [9.17, 15) is 13.9 Å². The zero-order valence-corrected chi connectivity index (χ0v) is 9.44. The largest absolute Gasteiger partial charge is 0.506 e. The zero-order valence-electron chi connectivity index (χ0n) is 7.86. The molecule has 2 nitrogen and oxygen atoms in total. The van der Waals surface area contributed by atoms with Crippen molar-refractivity contribution in [3.63, 3.8) is 0 Å². The first-order chi connectivity index (χ1) is 7.02. The molecule has 1 fully saturated rings. The van der Waals surface area contributed by atoms with Gasteiger partial charge in [0, 0.05) is 17.5 Å². The maximum absolute atomic E-state index is 13.6. The molecule has 0 atom stereocenters. The molecule has 1 aliphatic rings. The van der Waals surface area contributed by atoms with Gasteiger partial charge in [0.15, 0.2) is 11.6 Å². The minimum atomic E-state index is -0.987. The van der Waals surface area contributed by atoms with Crippen LogP contribution < -0.4 is 5.73 Å². The summed E-state index contributed by atoms with van der Waals surface area (Å²) >= 11 is 2.98. The molecule has 5 heteroatoms. The molecule has 1 aromatic carbocycles. The van der Waals surface area contributed by atoms with Crippen molar-refractivity contribution in [2.75, 3.05) is 6.54 Å². The second kappa shape index (κ2) is 3.42. The monoisotopic (exact) mass is 277 g/mol. The van der Waals surface area contributed by atoms with Crippen molar-refractivity contribution in [2.24, 2.45) is 5.73 Å². The van der Waals surface area contributed by atoms with Gasteiger partial charge < -0.3 is 10.8 Å². The second-order valence-corrected chi connectivity index (χ2v) is 4.72. The lowest BCUT2D eigenvalue weighted by molar-refractivity contribution is 0.423. The number of phenols is 1. The highest BCUT2D eigenvalue weighted by Gasteiger charge is 2.47. The van der Waals surface area contributed by atoms with Gasteiger partial charge in [-0.05, 0) is 34.8 Å². The van der Waals surface area contributed by atoms with Crippen LogP contribution in [-0.2, 0) is 5.41 Å². The lowest BCUT2D eigenvalue weighted by Gasteiger charge is -2.16. The molecule has 15 heavy (non-hydrogen) atoms. The number of hydrogen-bond acceptors (Lipinski definition) is 2. The van der Waals surface area contributed by atoms with Gasteiger partial charge in [-0.1, -0.05) is 0 Å². The van der Waals surface area contributed by atoms with E-state index in [1.165, 1.54) is 0 Å². The van der Waals surface area contributed by atoms with Gasteiger partial charge in [0.05, 0.1) is 4.47 Å². The molecule has 0 heterocycles. The number of halogens is 3. The van der Waals surface area contributed by atoms with E-state index in [-0.39, 0.29) is 22.3 Å². The normalized spacial score (nSPS) is 17.9. The molecule has 0 radical (unpaired) electrons. The summed E-state index contributed by atoms with van der Waals surface area (Å²) in [6.45, 7) is 0.216. The summed E-state index contributed by atoms with van der Waals surface area (Å²) in [6, 6.07) is 0.917. The third kappa shape index (κ3) is 1.54. The predicted octanol–water partition coefficient (Wildman–Crippen LogP) is 2.42. The lowest BCUT2D eigenvalue weighted by atomic mass is 9.94. The summed E-state index contributed by atoms with van der Waals surface area (Å²) < 4.78 is 26.9. The molecule has 0 aliphatic heterocycles. The minimum absolute atomic E-state index is 0.0110. The standard InChI is InChI=1S/C10H10BrF2NO/c11-5-3-6(12)8(13)7(9(5)15)10(4-14)1-2-10/h3,15H,1-2,4,14H2.